The lowest BCUT2D eigenvalue weighted by molar-refractivity contribution is 0.0690. The van der Waals surface area contributed by atoms with E-state index in [0.717, 1.165) is 0 Å². The highest BCUT2D eigenvalue weighted by Crippen LogP contribution is 2.09. The van der Waals surface area contributed by atoms with Crippen LogP contribution >= 0.6 is 0 Å². The number of carboxylic acids is 1. The summed E-state index contributed by atoms with van der Waals surface area (Å²) < 4.78 is 1.35. The molecule has 0 aliphatic rings. The number of nitrogens with zero attached hydrogens (tertiary/aromatic N) is 5. The number of aryl methyl sites for hydroxylation is 2. The van der Waals surface area contributed by atoms with Gasteiger partial charge in [0.05, 0.1) is 18.1 Å². The largest absolute Gasteiger partial charge is 0.476 e. The fourth-order valence-corrected chi connectivity index (χ4v) is 1.28. The van der Waals surface area contributed by atoms with Crippen LogP contribution < -0.4 is 0 Å². The molecule has 0 amide bonds. The molecule has 1 N–H and O–H groups in total. The van der Waals surface area contributed by atoms with E-state index in [0.29, 0.717) is 17.2 Å². The van der Waals surface area contributed by atoms with Crippen molar-refractivity contribution in [2.45, 2.75) is 13.8 Å². The number of rotatable bonds is 2. The minimum Gasteiger partial charge on any atom is -0.476 e. The summed E-state index contributed by atoms with van der Waals surface area (Å²) in [7, 11) is 0. The lowest BCUT2D eigenvalue weighted by Gasteiger charge is -2.03. The molecule has 7 heteroatoms. The molecule has 0 spiro atoms. The summed E-state index contributed by atoms with van der Waals surface area (Å²) in [6.45, 7) is 3.58. The van der Waals surface area contributed by atoms with Crippen molar-refractivity contribution >= 4 is 5.97 Å². The summed E-state index contributed by atoms with van der Waals surface area (Å²) in [4.78, 5) is 18.8. The van der Waals surface area contributed by atoms with Gasteiger partial charge in [0.1, 0.15) is 11.5 Å². The van der Waals surface area contributed by atoms with Crippen LogP contribution in [-0.2, 0) is 0 Å². The van der Waals surface area contributed by atoms with Crippen molar-refractivity contribution < 1.29 is 9.90 Å². The SMILES string of the molecule is Cc1ncc(-n2cc(C(=O)O)nn2)c(C)n1. The molecule has 2 aromatic rings. The number of aromatic nitrogens is 5. The van der Waals surface area contributed by atoms with Gasteiger partial charge in [-0.1, -0.05) is 5.21 Å². The lowest BCUT2D eigenvalue weighted by Crippen LogP contribution is -2.02. The Balaban J connectivity index is 2.46. The van der Waals surface area contributed by atoms with E-state index in [2.05, 4.69) is 20.3 Å². The van der Waals surface area contributed by atoms with Gasteiger partial charge in [-0.3, -0.25) is 0 Å². The Morgan fingerprint density at radius 3 is 2.75 bits per heavy atom. The summed E-state index contributed by atoms with van der Waals surface area (Å²) in [6, 6.07) is 0. The summed E-state index contributed by atoms with van der Waals surface area (Å²) in [5.41, 5.74) is 1.22. The molecule has 2 rings (SSSR count). The zero-order chi connectivity index (χ0) is 11.7. The molecule has 0 saturated heterocycles. The first-order valence-corrected chi connectivity index (χ1v) is 4.54. The number of hydrogen-bond acceptors (Lipinski definition) is 5. The first-order valence-electron chi connectivity index (χ1n) is 4.54. The van der Waals surface area contributed by atoms with Gasteiger partial charge >= 0.3 is 5.97 Å². The molecule has 0 bridgehead atoms. The van der Waals surface area contributed by atoms with Crippen LogP contribution in [0.25, 0.3) is 5.69 Å². The monoisotopic (exact) mass is 219 g/mol. The number of aromatic carboxylic acids is 1. The Hall–Kier alpha value is -2.31. The highest BCUT2D eigenvalue weighted by Gasteiger charge is 2.11. The molecule has 82 valence electrons. The third kappa shape index (κ3) is 1.74. The van der Waals surface area contributed by atoms with Gasteiger partial charge in [-0.15, -0.1) is 5.10 Å². The van der Waals surface area contributed by atoms with Crippen molar-refractivity contribution in [2.24, 2.45) is 0 Å². The van der Waals surface area contributed by atoms with Crippen LogP contribution in [0, 0.1) is 13.8 Å². The van der Waals surface area contributed by atoms with Crippen LogP contribution in [0.5, 0.6) is 0 Å². The molecule has 0 fully saturated rings. The molecular formula is C9H9N5O2. The van der Waals surface area contributed by atoms with E-state index in [1.165, 1.54) is 10.9 Å². The molecule has 16 heavy (non-hydrogen) atoms. The quantitative estimate of drug-likeness (QED) is 0.784. The molecule has 0 atom stereocenters. The normalized spacial score (nSPS) is 10.4. The maximum Gasteiger partial charge on any atom is 0.358 e. The van der Waals surface area contributed by atoms with Crippen LogP contribution in [0.1, 0.15) is 22.0 Å². The predicted molar refractivity (Wildman–Crippen MR) is 53.4 cm³/mol. The highest BCUT2D eigenvalue weighted by atomic mass is 16.4. The summed E-state index contributed by atoms with van der Waals surface area (Å²) in [5, 5.41) is 15.9. The van der Waals surface area contributed by atoms with Crippen molar-refractivity contribution in [3.05, 3.63) is 29.6 Å². The first-order chi connectivity index (χ1) is 7.58. The molecule has 0 saturated carbocycles. The highest BCUT2D eigenvalue weighted by molar-refractivity contribution is 5.84. The molecule has 0 aliphatic heterocycles. The number of hydrogen-bond donors (Lipinski definition) is 1. The van der Waals surface area contributed by atoms with Crippen molar-refractivity contribution in [1.82, 2.24) is 25.0 Å². The topological polar surface area (TPSA) is 93.8 Å². The molecule has 0 aromatic carbocycles. The molecule has 0 radical (unpaired) electrons. The van der Waals surface area contributed by atoms with E-state index in [9.17, 15) is 4.79 Å². The van der Waals surface area contributed by atoms with Gasteiger partial charge in [-0.05, 0) is 13.8 Å². The van der Waals surface area contributed by atoms with Gasteiger partial charge in [0, 0.05) is 0 Å². The van der Waals surface area contributed by atoms with E-state index in [1.807, 2.05) is 0 Å². The van der Waals surface area contributed by atoms with Crippen LogP contribution in [0.3, 0.4) is 0 Å². The van der Waals surface area contributed by atoms with Crippen LogP contribution in [0.2, 0.25) is 0 Å². The van der Waals surface area contributed by atoms with Gasteiger partial charge in [0.15, 0.2) is 5.69 Å². The maximum atomic E-state index is 10.6. The van der Waals surface area contributed by atoms with E-state index in [-0.39, 0.29) is 5.69 Å². The molecule has 2 heterocycles. The summed E-state index contributed by atoms with van der Waals surface area (Å²) >= 11 is 0. The van der Waals surface area contributed by atoms with Gasteiger partial charge in [-0.25, -0.2) is 19.4 Å². The smallest absolute Gasteiger partial charge is 0.358 e. The number of carboxylic acid groups (broad SMARTS) is 1. The first kappa shape index (κ1) is 10.2. The predicted octanol–water partition coefficient (Wildman–Crippen LogP) is 0.372. The van der Waals surface area contributed by atoms with Crippen molar-refractivity contribution in [3.8, 4) is 5.69 Å². The van der Waals surface area contributed by atoms with Crippen molar-refractivity contribution in [2.75, 3.05) is 0 Å². The van der Waals surface area contributed by atoms with Gasteiger partial charge in [0.25, 0.3) is 0 Å². The molecule has 2 aromatic heterocycles. The van der Waals surface area contributed by atoms with E-state index >= 15 is 0 Å². The second-order valence-electron chi connectivity index (χ2n) is 3.24. The second kappa shape index (κ2) is 3.69. The van der Waals surface area contributed by atoms with Gasteiger partial charge < -0.3 is 5.11 Å². The van der Waals surface area contributed by atoms with Crippen LogP contribution in [-0.4, -0.2) is 36.0 Å². The fraction of sp³-hybridized carbons (Fsp3) is 0.222. The van der Waals surface area contributed by atoms with Gasteiger partial charge in [0.2, 0.25) is 0 Å². The molecule has 0 aliphatic carbocycles. The maximum absolute atomic E-state index is 10.6. The van der Waals surface area contributed by atoms with E-state index < -0.39 is 5.97 Å². The average Bonchev–Trinajstić information content (AvgIpc) is 2.66. The van der Waals surface area contributed by atoms with Crippen LogP contribution in [0.4, 0.5) is 0 Å². The van der Waals surface area contributed by atoms with E-state index in [4.69, 9.17) is 5.11 Å². The minimum absolute atomic E-state index is 0.111. The molecule has 0 unspecified atom stereocenters. The van der Waals surface area contributed by atoms with Crippen LogP contribution in [0.15, 0.2) is 12.4 Å². The Kier molecular flexibility index (Phi) is 2.35. The lowest BCUT2D eigenvalue weighted by atomic mass is 10.3. The number of carbonyl (C=O) groups is 1. The summed E-state index contributed by atoms with van der Waals surface area (Å²) in [6.07, 6.45) is 2.90. The standard InChI is InChI=1S/C9H9N5O2/c1-5-8(3-10-6(2)11-5)14-4-7(9(15)16)12-13-14/h3-4H,1-2H3,(H,15,16). The minimum atomic E-state index is -1.11. The second-order valence-corrected chi connectivity index (χ2v) is 3.24. The Morgan fingerprint density at radius 2 is 2.19 bits per heavy atom. The average molecular weight is 219 g/mol. The van der Waals surface area contributed by atoms with Crippen molar-refractivity contribution in [3.63, 3.8) is 0 Å². The zero-order valence-corrected chi connectivity index (χ0v) is 8.75. The Morgan fingerprint density at radius 1 is 1.44 bits per heavy atom. The van der Waals surface area contributed by atoms with Crippen molar-refractivity contribution in [1.29, 1.82) is 0 Å². The Bertz CT molecular complexity index is 549. The molecule has 7 nitrogen and oxygen atoms in total. The zero-order valence-electron chi connectivity index (χ0n) is 8.75. The fourth-order valence-electron chi connectivity index (χ4n) is 1.28. The van der Waals surface area contributed by atoms with Gasteiger partial charge in [-0.2, -0.15) is 0 Å². The third-order valence-electron chi connectivity index (χ3n) is 2.03. The Labute approximate surface area is 90.8 Å². The molecular weight excluding hydrogens is 210 g/mol. The van der Waals surface area contributed by atoms with E-state index in [1.54, 1.807) is 20.0 Å². The summed E-state index contributed by atoms with van der Waals surface area (Å²) in [5.74, 6) is -0.461. The third-order valence-corrected chi connectivity index (χ3v) is 2.03.